The van der Waals surface area contributed by atoms with E-state index in [-0.39, 0.29) is 11.7 Å². The van der Waals surface area contributed by atoms with Crippen molar-refractivity contribution >= 4 is 28.5 Å². The number of nitrogens with one attached hydrogen (secondary N) is 1. The van der Waals surface area contributed by atoms with Gasteiger partial charge in [0.25, 0.3) is 5.91 Å². The van der Waals surface area contributed by atoms with E-state index in [2.05, 4.69) is 10.3 Å². The van der Waals surface area contributed by atoms with Gasteiger partial charge in [-0.3, -0.25) is 9.78 Å². The second-order valence-electron chi connectivity index (χ2n) is 4.07. The Hall–Kier alpha value is -1.50. The molecule has 0 fully saturated rings. The fourth-order valence-corrected chi connectivity index (χ4v) is 2.36. The van der Waals surface area contributed by atoms with Gasteiger partial charge >= 0.3 is 0 Å². The maximum absolute atomic E-state index is 13.0. The van der Waals surface area contributed by atoms with E-state index in [1.165, 1.54) is 18.2 Å². The number of hydrogen-bond acceptors (Lipinski definition) is 2. The van der Waals surface area contributed by atoms with Crippen LogP contribution in [0, 0.1) is 16.3 Å². The van der Waals surface area contributed by atoms with Crippen molar-refractivity contribution in [1.29, 1.82) is 0 Å². The predicted molar refractivity (Wildman–Crippen MR) is 79.3 cm³/mol. The molecule has 2 rings (SSSR count). The highest BCUT2D eigenvalue weighted by Crippen LogP contribution is 2.14. The molecule has 1 aromatic heterocycles. The lowest BCUT2D eigenvalue weighted by Gasteiger charge is -2.08. The van der Waals surface area contributed by atoms with Gasteiger partial charge in [0.2, 0.25) is 0 Å². The van der Waals surface area contributed by atoms with Gasteiger partial charge in [-0.25, -0.2) is 4.39 Å². The Balaban J connectivity index is 2.08. The average molecular weight is 370 g/mol. The van der Waals surface area contributed by atoms with E-state index in [0.717, 1.165) is 11.3 Å². The van der Waals surface area contributed by atoms with Crippen LogP contribution in [-0.4, -0.2) is 10.9 Å². The Morgan fingerprint density at radius 2 is 2.21 bits per heavy atom. The Labute approximate surface area is 124 Å². The topological polar surface area (TPSA) is 42.0 Å². The molecule has 1 amide bonds. The first-order valence-electron chi connectivity index (χ1n) is 5.71. The van der Waals surface area contributed by atoms with Gasteiger partial charge < -0.3 is 5.32 Å². The van der Waals surface area contributed by atoms with Crippen molar-refractivity contribution in [2.24, 2.45) is 0 Å². The van der Waals surface area contributed by atoms with E-state index in [4.69, 9.17) is 0 Å². The Bertz CT molecular complexity index is 616. The van der Waals surface area contributed by atoms with E-state index < -0.39 is 0 Å². The maximum atomic E-state index is 13.0. The molecule has 0 bridgehead atoms. The molecule has 5 heteroatoms. The van der Waals surface area contributed by atoms with Crippen LogP contribution in [0.4, 0.5) is 4.39 Å². The number of aryl methyl sites for hydroxylation is 1. The lowest BCUT2D eigenvalue weighted by atomic mass is 10.2. The second-order valence-corrected chi connectivity index (χ2v) is 5.24. The molecule has 1 aromatic carbocycles. The number of aromatic nitrogens is 1. The summed E-state index contributed by atoms with van der Waals surface area (Å²) in [6, 6.07) is 7.89. The first-order chi connectivity index (χ1) is 9.08. The summed E-state index contributed by atoms with van der Waals surface area (Å²) in [5.74, 6) is -0.573. The quantitative estimate of drug-likeness (QED) is 0.844. The van der Waals surface area contributed by atoms with Crippen molar-refractivity contribution in [2.75, 3.05) is 0 Å². The van der Waals surface area contributed by atoms with Crippen LogP contribution in [-0.2, 0) is 6.54 Å². The number of rotatable bonds is 3. The lowest BCUT2D eigenvalue weighted by Crippen LogP contribution is -2.24. The van der Waals surface area contributed by atoms with Crippen molar-refractivity contribution in [3.05, 3.63) is 62.7 Å². The van der Waals surface area contributed by atoms with Gasteiger partial charge in [0.15, 0.2) is 0 Å². The number of carbonyl (C=O) groups is 1. The zero-order valence-corrected chi connectivity index (χ0v) is 12.4. The van der Waals surface area contributed by atoms with E-state index in [9.17, 15) is 9.18 Å². The normalized spacial score (nSPS) is 10.3. The third-order valence-corrected chi connectivity index (χ3v) is 3.60. The highest BCUT2D eigenvalue weighted by Gasteiger charge is 2.11. The summed E-state index contributed by atoms with van der Waals surface area (Å²) in [6.07, 6.45) is 1.69. The monoisotopic (exact) mass is 370 g/mol. The van der Waals surface area contributed by atoms with E-state index in [1.54, 1.807) is 6.20 Å². The van der Waals surface area contributed by atoms with Gasteiger partial charge in [-0.05, 0) is 59.3 Å². The van der Waals surface area contributed by atoms with Crippen LogP contribution < -0.4 is 5.32 Å². The molecule has 0 radical (unpaired) electrons. The van der Waals surface area contributed by atoms with Crippen molar-refractivity contribution < 1.29 is 9.18 Å². The molecular weight excluding hydrogens is 358 g/mol. The van der Waals surface area contributed by atoms with Crippen LogP contribution in [0.3, 0.4) is 0 Å². The van der Waals surface area contributed by atoms with Crippen molar-refractivity contribution in [1.82, 2.24) is 10.3 Å². The van der Waals surface area contributed by atoms with Crippen LogP contribution in [0.2, 0.25) is 0 Å². The largest absolute Gasteiger partial charge is 0.346 e. The molecular formula is C14H12FIN2O. The molecule has 1 heterocycles. The van der Waals surface area contributed by atoms with E-state index >= 15 is 0 Å². The number of pyridine rings is 1. The lowest BCUT2D eigenvalue weighted by molar-refractivity contribution is 0.0949. The first-order valence-corrected chi connectivity index (χ1v) is 6.79. The van der Waals surface area contributed by atoms with E-state index in [0.29, 0.717) is 15.7 Å². The zero-order valence-electron chi connectivity index (χ0n) is 10.3. The minimum absolute atomic E-state index is 0.227. The minimum Gasteiger partial charge on any atom is -0.346 e. The molecule has 0 atom stereocenters. The molecule has 0 aliphatic heterocycles. The fraction of sp³-hybridized carbons (Fsp3) is 0.143. The maximum Gasteiger partial charge on any atom is 0.252 e. The van der Waals surface area contributed by atoms with Gasteiger partial charge in [-0.2, -0.15) is 0 Å². The molecule has 2 aromatic rings. The van der Waals surface area contributed by atoms with Crippen molar-refractivity contribution in [2.45, 2.75) is 13.5 Å². The van der Waals surface area contributed by atoms with Crippen LogP contribution in [0.25, 0.3) is 0 Å². The molecule has 0 aliphatic rings. The second kappa shape index (κ2) is 6.10. The molecule has 0 unspecified atom stereocenters. The summed E-state index contributed by atoms with van der Waals surface area (Å²) in [6.45, 7) is 2.30. The third-order valence-electron chi connectivity index (χ3n) is 2.71. The molecule has 19 heavy (non-hydrogen) atoms. The van der Waals surface area contributed by atoms with Gasteiger partial charge in [-0.15, -0.1) is 0 Å². The minimum atomic E-state index is -0.346. The Morgan fingerprint density at radius 1 is 1.42 bits per heavy atom. The molecule has 0 saturated heterocycles. The highest BCUT2D eigenvalue weighted by molar-refractivity contribution is 14.1. The van der Waals surface area contributed by atoms with Gasteiger partial charge in [-0.1, -0.05) is 6.07 Å². The molecule has 1 N–H and O–H groups in total. The fourth-order valence-electron chi connectivity index (χ4n) is 1.64. The Kier molecular flexibility index (Phi) is 4.47. The van der Waals surface area contributed by atoms with Gasteiger partial charge in [0.05, 0.1) is 17.8 Å². The zero-order chi connectivity index (χ0) is 13.8. The third kappa shape index (κ3) is 3.50. The first kappa shape index (κ1) is 13.9. The van der Waals surface area contributed by atoms with Crippen LogP contribution in [0.5, 0.6) is 0 Å². The molecule has 0 saturated carbocycles. The SMILES string of the molecule is Cc1cccnc1CNC(=O)c1ccc(F)cc1I. The van der Waals surface area contributed by atoms with Gasteiger partial charge in [0, 0.05) is 9.77 Å². The number of hydrogen-bond donors (Lipinski definition) is 1. The summed E-state index contributed by atoms with van der Waals surface area (Å²) < 4.78 is 13.6. The molecule has 3 nitrogen and oxygen atoms in total. The van der Waals surface area contributed by atoms with Crippen LogP contribution in [0.15, 0.2) is 36.5 Å². The molecule has 0 aliphatic carbocycles. The summed E-state index contributed by atoms with van der Waals surface area (Å²) in [7, 11) is 0. The van der Waals surface area contributed by atoms with Crippen molar-refractivity contribution in [3.8, 4) is 0 Å². The summed E-state index contributed by atoms with van der Waals surface area (Å²) in [5, 5.41) is 2.79. The number of carbonyl (C=O) groups excluding carboxylic acids is 1. The van der Waals surface area contributed by atoms with E-state index in [1.807, 2.05) is 41.6 Å². The van der Waals surface area contributed by atoms with Crippen LogP contribution in [0.1, 0.15) is 21.6 Å². The predicted octanol–water partition coefficient (Wildman–Crippen LogP) is 3.06. The number of halogens is 2. The number of amides is 1. The summed E-state index contributed by atoms with van der Waals surface area (Å²) >= 11 is 1.95. The van der Waals surface area contributed by atoms with Gasteiger partial charge in [0.1, 0.15) is 5.82 Å². The smallest absolute Gasteiger partial charge is 0.252 e. The number of nitrogens with zero attached hydrogens (tertiary/aromatic N) is 1. The standard InChI is InChI=1S/C14H12FIN2O/c1-9-3-2-6-17-13(9)8-18-14(19)11-5-4-10(15)7-12(11)16/h2-7H,8H2,1H3,(H,18,19). The highest BCUT2D eigenvalue weighted by atomic mass is 127. The van der Waals surface area contributed by atoms with Crippen molar-refractivity contribution in [3.63, 3.8) is 0 Å². The molecule has 0 spiro atoms. The summed E-state index contributed by atoms with van der Waals surface area (Å²) in [5.41, 5.74) is 2.32. The number of benzene rings is 1. The molecule has 98 valence electrons. The van der Waals surface area contributed by atoms with Crippen LogP contribution >= 0.6 is 22.6 Å². The summed E-state index contributed by atoms with van der Waals surface area (Å²) in [4.78, 5) is 16.2. The Morgan fingerprint density at radius 3 is 2.89 bits per heavy atom. The average Bonchev–Trinajstić information content (AvgIpc) is 2.37.